The van der Waals surface area contributed by atoms with E-state index in [2.05, 4.69) is 24.3 Å². The zero-order valence-electron chi connectivity index (χ0n) is 13.9. The fourth-order valence-corrected chi connectivity index (χ4v) is 9.29. The van der Waals surface area contributed by atoms with E-state index in [4.69, 9.17) is 21.7 Å². The summed E-state index contributed by atoms with van der Waals surface area (Å²) in [6, 6.07) is 14.3. The van der Waals surface area contributed by atoms with Crippen molar-refractivity contribution < 1.29 is 19.8 Å². The van der Waals surface area contributed by atoms with Gasteiger partial charge in [0.15, 0.2) is 0 Å². The average molecular weight is 478 g/mol. The monoisotopic (exact) mass is 478 g/mol. The van der Waals surface area contributed by atoms with Gasteiger partial charge < -0.3 is 0 Å². The number of carboxylic acid groups (broad SMARTS) is 2. The first-order chi connectivity index (χ1) is 12.3. The number of rotatable bonds is 8. The molecule has 0 fully saturated rings. The van der Waals surface area contributed by atoms with Crippen LogP contribution in [-0.4, -0.2) is 60.5 Å². The molecule has 2 aromatic carbocycles. The molecule has 2 atom stereocenters. The Morgan fingerprint density at radius 3 is 1.31 bits per heavy atom. The Morgan fingerprint density at radius 1 is 0.731 bits per heavy atom. The van der Waals surface area contributed by atoms with Gasteiger partial charge in [0.25, 0.3) is 0 Å². The molecule has 136 valence electrons. The minimum absolute atomic E-state index is 0.0481. The molecule has 26 heavy (non-hydrogen) atoms. The normalized spacial score (nSPS) is 13.5. The van der Waals surface area contributed by atoms with Gasteiger partial charge in [-0.25, -0.2) is 0 Å². The van der Waals surface area contributed by atoms with Gasteiger partial charge in [0, 0.05) is 0 Å². The summed E-state index contributed by atoms with van der Waals surface area (Å²) in [4.78, 5) is 21.6. The zero-order chi connectivity index (χ0) is 19.1. The van der Waals surface area contributed by atoms with E-state index in [-0.39, 0.29) is 26.3 Å². The molecule has 0 aliphatic rings. The maximum atomic E-state index is 10.8. The van der Waals surface area contributed by atoms with Crippen molar-refractivity contribution in [2.45, 2.75) is 24.9 Å². The predicted molar refractivity (Wildman–Crippen MR) is 102 cm³/mol. The number of hydrogen-bond donors (Lipinski definition) is 4. The molecule has 0 bridgehead atoms. The number of carbonyl (C=O) groups is 2. The fraction of sp³-hybridized carbons (Fsp3) is 0.222. The van der Waals surface area contributed by atoms with Crippen LogP contribution >= 0.6 is 0 Å². The topological polar surface area (TPSA) is 127 Å². The first-order valence-corrected chi connectivity index (χ1v) is 15.0. The summed E-state index contributed by atoms with van der Waals surface area (Å²) in [5.74, 6) is -1.98. The maximum absolute atomic E-state index is 10.8. The van der Waals surface area contributed by atoms with Crippen LogP contribution in [0.25, 0.3) is 0 Å². The van der Waals surface area contributed by atoms with Crippen LogP contribution in [0, 0.1) is 0 Å². The summed E-state index contributed by atoms with van der Waals surface area (Å²) in [6.07, 6.45) is 0.666. The van der Waals surface area contributed by atoms with Crippen LogP contribution in [0.1, 0.15) is 11.1 Å². The first-order valence-electron chi connectivity index (χ1n) is 7.91. The molecule has 0 aliphatic carbocycles. The van der Waals surface area contributed by atoms with E-state index in [9.17, 15) is 9.59 Å². The fourth-order valence-electron chi connectivity index (χ4n) is 2.20. The van der Waals surface area contributed by atoms with E-state index in [0.717, 1.165) is 11.1 Å². The molecule has 0 saturated heterocycles. The van der Waals surface area contributed by atoms with Crippen molar-refractivity contribution in [2.24, 2.45) is 11.5 Å². The molecule has 0 aliphatic heterocycles. The Labute approximate surface area is 162 Å². The molecular formula is C18H20As2N2O4. The van der Waals surface area contributed by atoms with Crippen LogP contribution in [0.2, 0.25) is 0 Å². The van der Waals surface area contributed by atoms with E-state index in [0.29, 0.717) is 12.8 Å². The molecule has 2 rings (SSSR count). The van der Waals surface area contributed by atoms with Gasteiger partial charge in [0.05, 0.1) is 0 Å². The summed E-state index contributed by atoms with van der Waals surface area (Å²) >= 11 is 0.0963. The van der Waals surface area contributed by atoms with Gasteiger partial charge >= 0.3 is 163 Å². The molecule has 0 spiro atoms. The van der Waals surface area contributed by atoms with E-state index >= 15 is 0 Å². The van der Waals surface area contributed by atoms with Crippen LogP contribution in [0.3, 0.4) is 0 Å². The summed E-state index contributed by atoms with van der Waals surface area (Å²) in [5, 5.41) is 17.7. The van der Waals surface area contributed by atoms with E-state index < -0.39 is 24.0 Å². The summed E-state index contributed by atoms with van der Waals surface area (Å²) in [6.45, 7) is 0. The second kappa shape index (κ2) is 9.93. The Morgan fingerprint density at radius 2 is 1.04 bits per heavy atom. The van der Waals surface area contributed by atoms with Gasteiger partial charge in [-0.1, -0.05) is 0 Å². The Balaban J connectivity index is 1.96. The van der Waals surface area contributed by atoms with Crippen molar-refractivity contribution in [1.29, 1.82) is 0 Å². The van der Waals surface area contributed by atoms with Crippen molar-refractivity contribution in [3.8, 4) is 0 Å². The number of hydrogen-bond acceptors (Lipinski definition) is 4. The minimum atomic E-state index is -0.988. The summed E-state index contributed by atoms with van der Waals surface area (Å²) in [5.41, 5.74) is 13.0. The Kier molecular flexibility index (Phi) is 7.92. The van der Waals surface area contributed by atoms with Gasteiger partial charge in [0.1, 0.15) is 0 Å². The van der Waals surface area contributed by atoms with Crippen LogP contribution < -0.4 is 20.2 Å². The number of aliphatic carboxylic acids is 2. The molecule has 2 aromatic rings. The predicted octanol–water partition coefficient (Wildman–Crippen LogP) is -1.13. The van der Waals surface area contributed by atoms with E-state index in [1.54, 1.807) is 0 Å². The molecule has 2 unspecified atom stereocenters. The van der Waals surface area contributed by atoms with Gasteiger partial charge in [-0.05, 0) is 0 Å². The number of carboxylic acids is 2. The average Bonchev–Trinajstić information content (AvgIpc) is 2.62. The molecule has 0 aromatic heterocycles. The van der Waals surface area contributed by atoms with Crippen molar-refractivity contribution in [3.63, 3.8) is 0 Å². The third-order valence-corrected chi connectivity index (χ3v) is 12.3. The molecule has 0 heterocycles. The molecule has 6 N–H and O–H groups in total. The standard InChI is InChI=1S/C18H20As2N2O4/c21-15(17(23)24)9-11-1-5-13(6-2-11)19-20-14-7-3-12(4-8-14)10-16(22)18(25)26/h1-8,15-16H,9-10,21-22H2,(H,23,24)(H,25,26). The molecule has 6 nitrogen and oxygen atoms in total. The van der Waals surface area contributed by atoms with Crippen LogP contribution in [-0.2, 0) is 22.4 Å². The number of nitrogens with two attached hydrogens (primary N) is 2. The van der Waals surface area contributed by atoms with Crippen molar-refractivity contribution >= 4 is 46.9 Å². The van der Waals surface area contributed by atoms with E-state index in [1.807, 2.05) is 24.3 Å². The Bertz CT molecular complexity index is 724. The summed E-state index contributed by atoms with van der Waals surface area (Å²) < 4.78 is 2.59. The third-order valence-electron chi connectivity index (χ3n) is 3.70. The second-order valence-corrected chi connectivity index (χ2v) is 13.2. The van der Waals surface area contributed by atoms with Gasteiger partial charge in [-0.2, -0.15) is 0 Å². The van der Waals surface area contributed by atoms with Crippen molar-refractivity contribution in [1.82, 2.24) is 0 Å². The zero-order valence-corrected chi connectivity index (χ0v) is 17.7. The summed E-state index contributed by atoms with van der Waals surface area (Å²) in [7, 11) is 0. The van der Waals surface area contributed by atoms with Crippen LogP contribution in [0.4, 0.5) is 0 Å². The second-order valence-electron chi connectivity index (χ2n) is 5.83. The molecule has 0 amide bonds. The van der Waals surface area contributed by atoms with Gasteiger partial charge in [-0.15, -0.1) is 0 Å². The van der Waals surface area contributed by atoms with Gasteiger partial charge in [-0.3, -0.25) is 0 Å². The SMILES string of the molecule is NC(Cc1ccc([As]=[As]c2ccc(CC(N)C(=O)O)cc2)cc1)C(=O)O. The van der Waals surface area contributed by atoms with E-state index in [1.165, 1.54) is 8.70 Å². The van der Waals surface area contributed by atoms with Gasteiger partial charge in [0.2, 0.25) is 0 Å². The van der Waals surface area contributed by atoms with Crippen LogP contribution in [0.15, 0.2) is 48.5 Å². The quantitative estimate of drug-likeness (QED) is 0.356. The number of benzene rings is 2. The molecule has 0 saturated carbocycles. The Hall–Kier alpha value is -1.58. The first kappa shape index (κ1) is 20.7. The molecule has 8 heteroatoms. The van der Waals surface area contributed by atoms with Crippen molar-refractivity contribution in [2.75, 3.05) is 0 Å². The van der Waals surface area contributed by atoms with Crippen LogP contribution in [0.5, 0.6) is 0 Å². The van der Waals surface area contributed by atoms with Crippen molar-refractivity contribution in [3.05, 3.63) is 59.7 Å². The molecular weight excluding hydrogens is 458 g/mol. The third kappa shape index (κ3) is 6.62. The molecule has 0 radical (unpaired) electrons.